The zero-order valence-electron chi connectivity index (χ0n) is 13.8. The predicted molar refractivity (Wildman–Crippen MR) is 88.2 cm³/mol. The number of rotatable bonds is 6. The minimum absolute atomic E-state index is 0.0498. The van der Waals surface area contributed by atoms with Crippen molar-refractivity contribution in [2.75, 3.05) is 19.0 Å². The Kier molecular flexibility index (Phi) is 6.50. The van der Waals surface area contributed by atoms with Crippen molar-refractivity contribution in [3.8, 4) is 0 Å². The molecule has 7 nitrogen and oxygen atoms in total. The molecule has 1 heterocycles. The summed E-state index contributed by atoms with van der Waals surface area (Å²) in [5.74, 6) is -2.11. The van der Waals surface area contributed by atoms with Crippen LogP contribution >= 0.6 is 11.3 Å². The van der Waals surface area contributed by atoms with E-state index in [1.165, 1.54) is 7.11 Å². The maximum absolute atomic E-state index is 12.5. The first-order chi connectivity index (χ1) is 12.7. The van der Waals surface area contributed by atoms with Gasteiger partial charge in [0.1, 0.15) is 0 Å². The molecule has 11 heteroatoms. The Morgan fingerprint density at radius 1 is 1.19 bits per heavy atom. The van der Waals surface area contributed by atoms with Crippen LogP contribution in [0.1, 0.15) is 21.6 Å². The lowest BCUT2D eigenvalue weighted by Crippen LogP contribution is -2.21. The maximum atomic E-state index is 12.5. The van der Waals surface area contributed by atoms with Crippen LogP contribution in [0.4, 0.5) is 18.3 Å². The number of hydrogen-bond acceptors (Lipinski definition) is 7. The number of anilines is 1. The zero-order valence-corrected chi connectivity index (χ0v) is 14.6. The zero-order chi connectivity index (χ0) is 20.0. The van der Waals surface area contributed by atoms with Crippen LogP contribution in [0.25, 0.3) is 0 Å². The van der Waals surface area contributed by atoms with Gasteiger partial charge >= 0.3 is 18.1 Å². The molecule has 1 aromatic carbocycles. The van der Waals surface area contributed by atoms with Crippen molar-refractivity contribution in [1.29, 1.82) is 0 Å². The molecule has 0 unspecified atom stereocenters. The van der Waals surface area contributed by atoms with Crippen molar-refractivity contribution in [2.24, 2.45) is 0 Å². The average Bonchev–Trinajstić information content (AvgIpc) is 3.05. The Balaban J connectivity index is 1.84. The number of methoxy groups -OCH3 is 1. The number of aromatic nitrogens is 1. The van der Waals surface area contributed by atoms with Crippen molar-refractivity contribution in [3.63, 3.8) is 0 Å². The first kappa shape index (κ1) is 20.4. The lowest BCUT2D eigenvalue weighted by Gasteiger charge is -2.08. The first-order valence-electron chi connectivity index (χ1n) is 7.34. The standard InChI is InChI=1S/C16H13F3N2O5S/c1-25-13(23)6-11-8-27-15(20-11)21-12(22)7-26-14(24)9-2-4-10(5-3-9)16(17,18)19/h2-5,8H,6-7H2,1H3,(H,20,21,22). The number of alkyl halides is 3. The Morgan fingerprint density at radius 3 is 2.44 bits per heavy atom. The van der Waals surface area contributed by atoms with Crippen LogP contribution in [0.3, 0.4) is 0 Å². The van der Waals surface area contributed by atoms with Crippen molar-refractivity contribution in [3.05, 3.63) is 46.5 Å². The topological polar surface area (TPSA) is 94.6 Å². The van der Waals surface area contributed by atoms with Crippen molar-refractivity contribution < 1.29 is 37.0 Å². The van der Waals surface area contributed by atoms with Crippen LogP contribution in [0, 0.1) is 0 Å². The first-order valence-corrected chi connectivity index (χ1v) is 8.22. The van der Waals surface area contributed by atoms with E-state index in [-0.39, 0.29) is 17.1 Å². The van der Waals surface area contributed by atoms with E-state index in [1.807, 2.05) is 0 Å². The largest absolute Gasteiger partial charge is 0.469 e. The number of amides is 1. The summed E-state index contributed by atoms with van der Waals surface area (Å²) >= 11 is 1.07. The highest BCUT2D eigenvalue weighted by atomic mass is 32.1. The SMILES string of the molecule is COC(=O)Cc1csc(NC(=O)COC(=O)c2ccc(C(F)(F)F)cc2)n1. The van der Waals surface area contributed by atoms with Gasteiger partial charge in [-0.05, 0) is 24.3 Å². The quantitative estimate of drug-likeness (QED) is 0.747. The summed E-state index contributed by atoms with van der Waals surface area (Å²) in [5.41, 5.74) is -0.613. The molecule has 0 aliphatic carbocycles. The lowest BCUT2D eigenvalue weighted by molar-refractivity contribution is -0.140. The third-order valence-corrected chi connectivity index (χ3v) is 3.94. The van der Waals surface area contributed by atoms with E-state index in [1.54, 1.807) is 5.38 Å². The van der Waals surface area contributed by atoms with Crippen LogP contribution in [0.5, 0.6) is 0 Å². The fourth-order valence-corrected chi connectivity index (χ4v) is 2.56. The van der Waals surface area contributed by atoms with Gasteiger partial charge in [0.2, 0.25) is 0 Å². The summed E-state index contributed by atoms with van der Waals surface area (Å²) in [6.45, 7) is -0.647. The van der Waals surface area contributed by atoms with Gasteiger partial charge in [-0.15, -0.1) is 11.3 Å². The van der Waals surface area contributed by atoms with Crippen molar-refractivity contribution in [1.82, 2.24) is 4.98 Å². The molecule has 0 radical (unpaired) electrons. The average molecular weight is 402 g/mol. The number of carbonyl (C=O) groups is 3. The molecule has 0 aliphatic rings. The minimum atomic E-state index is -4.51. The summed E-state index contributed by atoms with van der Waals surface area (Å²) in [5, 5.41) is 4.13. The molecule has 0 fully saturated rings. The fraction of sp³-hybridized carbons (Fsp3) is 0.250. The monoisotopic (exact) mass is 402 g/mol. The molecule has 0 aliphatic heterocycles. The molecule has 1 aromatic heterocycles. The second-order valence-electron chi connectivity index (χ2n) is 5.10. The van der Waals surface area contributed by atoms with Gasteiger partial charge in [-0.3, -0.25) is 14.9 Å². The third kappa shape index (κ3) is 6.06. The van der Waals surface area contributed by atoms with Crippen LogP contribution < -0.4 is 5.32 Å². The smallest absolute Gasteiger partial charge is 0.416 e. The second kappa shape index (κ2) is 8.62. The number of esters is 2. The maximum Gasteiger partial charge on any atom is 0.416 e. The van der Waals surface area contributed by atoms with E-state index >= 15 is 0 Å². The molecule has 0 spiro atoms. The lowest BCUT2D eigenvalue weighted by atomic mass is 10.1. The van der Waals surface area contributed by atoms with E-state index in [2.05, 4.69) is 15.0 Å². The molecular weight excluding hydrogens is 389 g/mol. The molecule has 2 rings (SSSR count). The van der Waals surface area contributed by atoms with E-state index in [4.69, 9.17) is 4.74 Å². The summed E-state index contributed by atoms with van der Waals surface area (Å²) in [6, 6.07) is 3.41. The Morgan fingerprint density at radius 2 is 1.85 bits per heavy atom. The van der Waals surface area contributed by atoms with Gasteiger partial charge in [0, 0.05) is 5.38 Å². The molecule has 2 aromatic rings. The molecule has 144 valence electrons. The molecule has 0 atom stereocenters. The third-order valence-electron chi connectivity index (χ3n) is 3.13. The highest BCUT2D eigenvalue weighted by molar-refractivity contribution is 7.13. The van der Waals surface area contributed by atoms with Gasteiger partial charge in [-0.25, -0.2) is 9.78 Å². The van der Waals surface area contributed by atoms with E-state index in [0.717, 1.165) is 35.6 Å². The predicted octanol–water partition coefficient (Wildman–Crippen LogP) is 2.67. The summed E-state index contributed by atoms with van der Waals surface area (Å²) in [6.07, 6.45) is -4.56. The van der Waals surface area contributed by atoms with Gasteiger partial charge in [-0.2, -0.15) is 13.2 Å². The Bertz CT molecular complexity index is 833. The number of benzene rings is 1. The minimum Gasteiger partial charge on any atom is -0.469 e. The van der Waals surface area contributed by atoms with Crippen molar-refractivity contribution >= 4 is 34.3 Å². The second-order valence-corrected chi connectivity index (χ2v) is 5.95. The fourth-order valence-electron chi connectivity index (χ4n) is 1.83. The number of halogens is 3. The highest BCUT2D eigenvalue weighted by Gasteiger charge is 2.30. The molecule has 1 N–H and O–H groups in total. The summed E-state index contributed by atoms with van der Waals surface area (Å²) in [4.78, 5) is 38.7. The number of ether oxygens (including phenoxy) is 2. The van der Waals surface area contributed by atoms with Gasteiger partial charge in [0.05, 0.1) is 30.4 Å². The number of carbonyl (C=O) groups excluding carboxylic acids is 3. The van der Waals surface area contributed by atoms with Gasteiger partial charge in [0.25, 0.3) is 5.91 Å². The molecular formula is C16H13F3N2O5S. The number of nitrogens with one attached hydrogen (secondary N) is 1. The number of thiazole rings is 1. The van der Waals surface area contributed by atoms with Gasteiger partial charge in [0.15, 0.2) is 11.7 Å². The number of hydrogen-bond donors (Lipinski definition) is 1. The highest BCUT2D eigenvalue weighted by Crippen LogP contribution is 2.29. The summed E-state index contributed by atoms with van der Waals surface area (Å²) < 4.78 is 46.7. The van der Waals surface area contributed by atoms with Gasteiger partial charge < -0.3 is 9.47 Å². The van der Waals surface area contributed by atoms with Gasteiger partial charge in [-0.1, -0.05) is 0 Å². The van der Waals surface area contributed by atoms with Crippen LogP contribution in [0.15, 0.2) is 29.6 Å². The Hall–Kier alpha value is -2.95. The number of nitrogens with zero attached hydrogens (tertiary/aromatic N) is 1. The molecule has 27 heavy (non-hydrogen) atoms. The van der Waals surface area contributed by atoms with Crippen LogP contribution in [-0.2, 0) is 31.7 Å². The molecule has 0 saturated carbocycles. The molecule has 0 saturated heterocycles. The van der Waals surface area contributed by atoms with E-state index in [0.29, 0.717) is 5.69 Å². The van der Waals surface area contributed by atoms with Crippen molar-refractivity contribution in [2.45, 2.75) is 12.6 Å². The summed E-state index contributed by atoms with van der Waals surface area (Å²) in [7, 11) is 1.24. The van der Waals surface area contributed by atoms with E-state index < -0.39 is 36.2 Å². The van der Waals surface area contributed by atoms with Crippen LogP contribution in [0.2, 0.25) is 0 Å². The van der Waals surface area contributed by atoms with Crippen LogP contribution in [-0.4, -0.2) is 36.5 Å². The Labute approximate surface area is 155 Å². The molecule has 1 amide bonds. The van der Waals surface area contributed by atoms with E-state index in [9.17, 15) is 27.6 Å². The molecule has 0 bridgehead atoms. The normalized spacial score (nSPS) is 11.0.